The number of carbonyl (C=O) groups excluding carboxylic acids is 1. The van der Waals surface area contributed by atoms with E-state index in [1.807, 2.05) is 9.80 Å². The van der Waals surface area contributed by atoms with Crippen LogP contribution in [0, 0.1) is 0 Å². The molecule has 1 aliphatic heterocycles. The number of benzene rings is 1. The van der Waals surface area contributed by atoms with Crippen molar-refractivity contribution in [3.05, 3.63) is 50.4 Å². The van der Waals surface area contributed by atoms with Gasteiger partial charge in [0.15, 0.2) is 0 Å². The molecule has 0 saturated carbocycles. The topological polar surface area (TPSA) is 70.5 Å². The first kappa shape index (κ1) is 22.4. The summed E-state index contributed by atoms with van der Waals surface area (Å²) in [5.74, 6) is -0.438. The van der Waals surface area contributed by atoms with Gasteiger partial charge in [-0.3, -0.25) is 14.5 Å². The van der Waals surface area contributed by atoms with E-state index in [2.05, 4.69) is 10.4 Å². The molecule has 1 aromatic carbocycles. The van der Waals surface area contributed by atoms with Crippen LogP contribution in [-0.4, -0.2) is 53.3 Å². The van der Waals surface area contributed by atoms with Crippen molar-refractivity contribution in [2.24, 2.45) is 7.05 Å². The highest BCUT2D eigenvalue weighted by atomic mass is 35.5. The number of anilines is 2. The quantitative estimate of drug-likeness (QED) is 0.754. The second-order valence-electron chi connectivity index (χ2n) is 6.78. The summed E-state index contributed by atoms with van der Waals surface area (Å²) in [6.45, 7) is 2.06. The van der Waals surface area contributed by atoms with Gasteiger partial charge in [-0.15, -0.1) is 0 Å². The predicted molar refractivity (Wildman–Crippen MR) is 108 cm³/mol. The number of aryl methyl sites for hydroxylation is 1. The van der Waals surface area contributed by atoms with Gasteiger partial charge in [0, 0.05) is 38.9 Å². The van der Waals surface area contributed by atoms with Crippen LogP contribution in [0.2, 0.25) is 10.0 Å². The molecule has 0 unspecified atom stereocenters. The highest BCUT2D eigenvalue weighted by molar-refractivity contribution is 6.33. The standard InChI is InChI=1S/C18H18Cl2F3N5O2/c1-26-17(30)16(20)14(9-24-26)28-6-4-27(5-7-28)10-15(29)25-11-2-3-13(19)12(8-11)18(21,22)23/h2-3,8-9H,4-7,10H2,1H3,(H,25,29). The Balaban J connectivity index is 1.57. The minimum atomic E-state index is -4.61. The monoisotopic (exact) mass is 463 g/mol. The van der Waals surface area contributed by atoms with Crippen LogP contribution < -0.4 is 15.8 Å². The second-order valence-corrected chi connectivity index (χ2v) is 7.56. The number of hydrogen-bond acceptors (Lipinski definition) is 5. The number of halogens is 5. The van der Waals surface area contributed by atoms with Crippen molar-refractivity contribution in [2.45, 2.75) is 6.18 Å². The van der Waals surface area contributed by atoms with E-state index < -0.39 is 28.2 Å². The zero-order valence-corrected chi connectivity index (χ0v) is 17.4. The predicted octanol–water partition coefficient (Wildman–Crippen LogP) is 2.87. The van der Waals surface area contributed by atoms with Crippen molar-refractivity contribution < 1.29 is 18.0 Å². The molecule has 1 amide bonds. The van der Waals surface area contributed by atoms with Crippen molar-refractivity contribution in [3.8, 4) is 0 Å². The number of rotatable bonds is 4. The molecule has 0 bridgehead atoms. The number of carbonyl (C=O) groups is 1. The molecule has 7 nitrogen and oxygen atoms in total. The van der Waals surface area contributed by atoms with Crippen LogP contribution in [0.5, 0.6) is 0 Å². The van der Waals surface area contributed by atoms with E-state index in [9.17, 15) is 22.8 Å². The van der Waals surface area contributed by atoms with Crippen LogP contribution in [0.25, 0.3) is 0 Å². The minimum absolute atomic E-state index is 0.0142. The minimum Gasteiger partial charge on any atom is -0.366 e. The van der Waals surface area contributed by atoms with Crippen LogP contribution in [-0.2, 0) is 18.0 Å². The summed E-state index contributed by atoms with van der Waals surface area (Å²) in [7, 11) is 1.51. The number of alkyl halides is 3. The van der Waals surface area contributed by atoms with E-state index in [1.165, 1.54) is 19.3 Å². The fourth-order valence-electron chi connectivity index (χ4n) is 3.09. The van der Waals surface area contributed by atoms with E-state index in [0.29, 0.717) is 31.9 Å². The lowest BCUT2D eigenvalue weighted by Gasteiger charge is -2.35. The number of amides is 1. The third kappa shape index (κ3) is 5.05. The third-order valence-corrected chi connectivity index (χ3v) is 5.38. The highest BCUT2D eigenvalue weighted by Crippen LogP contribution is 2.36. The van der Waals surface area contributed by atoms with Crippen molar-refractivity contribution in [2.75, 3.05) is 42.9 Å². The number of hydrogen-bond donors (Lipinski definition) is 1. The van der Waals surface area contributed by atoms with Gasteiger partial charge in [0.1, 0.15) is 5.02 Å². The zero-order chi connectivity index (χ0) is 22.1. The van der Waals surface area contributed by atoms with Gasteiger partial charge in [0.25, 0.3) is 5.56 Å². The Morgan fingerprint density at radius 3 is 2.50 bits per heavy atom. The largest absolute Gasteiger partial charge is 0.417 e. The first-order chi connectivity index (χ1) is 14.1. The number of nitrogens with one attached hydrogen (secondary N) is 1. The summed E-state index contributed by atoms with van der Waals surface area (Å²) in [5, 5.41) is 6.09. The van der Waals surface area contributed by atoms with Crippen molar-refractivity contribution in [1.82, 2.24) is 14.7 Å². The Hall–Kier alpha value is -2.30. The Kier molecular flexibility index (Phi) is 6.59. The maximum absolute atomic E-state index is 12.9. The van der Waals surface area contributed by atoms with Crippen LogP contribution in [0.3, 0.4) is 0 Å². The molecule has 12 heteroatoms. The molecule has 0 spiro atoms. The molecule has 3 rings (SSSR count). The summed E-state index contributed by atoms with van der Waals surface area (Å²) in [5.41, 5.74) is -0.842. The van der Waals surface area contributed by atoms with Crippen LogP contribution in [0.1, 0.15) is 5.56 Å². The Morgan fingerprint density at radius 1 is 1.20 bits per heavy atom. The number of piperazine rings is 1. The van der Waals surface area contributed by atoms with Gasteiger partial charge in [0.2, 0.25) is 5.91 Å². The van der Waals surface area contributed by atoms with Gasteiger partial charge in [0.05, 0.1) is 29.0 Å². The molecular weight excluding hydrogens is 446 g/mol. The average molecular weight is 464 g/mol. The SMILES string of the molecule is Cn1ncc(N2CCN(CC(=O)Nc3ccc(Cl)c(C(F)(F)F)c3)CC2)c(Cl)c1=O. The summed E-state index contributed by atoms with van der Waals surface area (Å²) < 4.78 is 40.0. The van der Waals surface area contributed by atoms with Crippen LogP contribution >= 0.6 is 23.2 Å². The molecule has 1 aliphatic rings. The Labute approximate surface area is 180 Å². The lowest BCUT2D eigenvalue weighted by molar-refractivity contribution is -0.137. The van der Waals surface area contributed by atoms with E-state index in [0.717, 1.165) is 16.8 Å². The summed E-state index contributed by atoms with van der Waals surface area (Å²) in [6, 6.07) is 3.22. The summed E-state index contributed by atoms with van der Waals surface area (Å²) in [6.07, 6.45) is -3.09. The molecule has 1 N–H and O–H groups in total. The van der Waals surface area contributed by atoms with Crippen molar-refractivity contribution in [1.29, 1.82) is 0 Å². The molecule has 1 fully saturated rings. The zero-order valence-electron chi connectivity index (χ0n) is 15.8. The fraction of sp³-hybridized carbons (Fsp3) is 0.389. The molecule has 1 saturated heterocycles. The lowest BCUT2D eigenvalue weighted by atomic mass is 10.2. The van der Waals surface area contributed by atoms with Crippen LogP contribution in [0.15, 0.2) is 29.2 Å². The maximum Gasteiger partial charge on any atom is 0.417 e. The first-order valence-corrected chi connectivity index (χ1v) is 9.67. The number of nitrogens with zero attached hydrogens (tertiary/aromatic N) is 4. The first-order valence-electron chi connectivity index (χ1n) is 8.92. The highest BCUT2D eigenvalue weighted by Gasteiger charge is 2.33. The van der Waals surface area contributed by atoms with Gasteiger partial charge < -0.3 is 10.2 Å². The molecule has 0 atom stereocenters. The van der Waals surface area contributed by atoms with E-state index in [-0.39, 0.29) is 17.3 Å². The second kappa shape index (κ2) is 8.83. The maximum atomic E-state index is 12.9. The van der Waals surface area contributed by atoms with E-state index >= 15 is 0 Å². The molecular formula is C18H18Cl2F3N5O2. The Bertz CT molecular complexity index is 1000. The van der Waals surface area contributed by atoms with E-state index in [1.54, 1.807) is 0 Å². The number of aromatic nitrogens is 2. The third-order valence-electron chi connectivity index (χ3n) is 4.70. The van der Waals surface area contributed by atoms with Crippen molar-refractivity contribution >= 4 is 40.5 Å². The molecule has 2 heterocycles. The summed E-state index contributed by atoms with van der Waals surface area (Å²) >= 11 is 11.7. The van der Waals surface area contributed by atoms with Gasteiger partial charge in [-0.25, -0.2) is 4.68 Å². The average Bonchev–Trinajstić information content (AvgIpc) is 2.68. The van der Waals surface area contributed by atoms with Gasteiger partial charge >= 0.3 is 6.18 Å². The summed E-state index contributed by atoms with van der Waals surface area (Å²) in [4.78, 5) is 27.9. The van der Waals surface area contributed by atoms with Gasteiger partial charge in [-0.2, -0.15) is 18.3 Å². The normalized spacial score (nSPS) is 15.3. The van der Waals surface area contributed by atoms with E-state index in [4.69, 9.17) is 23.2 Å². The molecule has 162 valence electrons. The smallest absolute Gasteiger partial charge is 0.366 e. The fourth-order valence-corrected chi connectivity index (χ4v) is 3.61. The molecule has 1 aromatic heterocycles. The van der Waals surface area contributed by atoms with Crippen LogP contribution in [0.4, 0.5) is 24.5 Å². The lowest BCUT2D eigenvalue weighted by Crippen LogP contribution is -2.49. The van der Waals surface area contributed by atoms with Crippen molar-refractivity contribution in [3.63, 3.8) is 0 Å². The van der Waals surface area contributed by atoms with Gasteiger partial charge in [-0.1, -0.05) is 23.2 Å². The molecule has 2 aromatic rings. The molecule has 0 radical (unpaired) electrons. The molecule has 0 aliphatic carbocycles. The molecule has 30 heavy (non-hydrogen) atoms. The Morgan fingerprint density at radius 2 is 1.87 bits per heavy atom. The van der Waals surface area contributed by atoms with Gasteiger partial charge in [-0.05, 0) is 18.2 Å².